The molecule has 0 saturated carbocycles. The summed E-state index contributed by atoms with van der Waals surface area (Å²) in [7, 11) is 1.69. The Morgan fingerprint density at radius 2 is 2.14 bits per heavy atom. The Kier molecular flexibility index (Phi) is 4.77. The number of rotatable bonds is 3. The van der Waals surface area contributed by atoms with Crippen molar-refractivity contribution in [2.24, 2.45) is 0 Å². The Morgan fingerprint density at radius 3 is 2.73 bits per heavy atom. The number of urea groups is 1. The minimum Gasteiger partial charge on any atom is -0.285 e. The van der Waals surface area contributed by atoms with E-state index in [1.165, 1.54) is 16.2 Å². The quantitative estimate of drug-likeness (QED) is 0.880. The van der Waals surface area contributed by atoms with E-state index in [4.69, 9.17) is 4.84 Å². The summed E-state index contributed by atoms with van der Waals surface area (Å²) in [6, 6.07) is 3.47. The molecule has 2 amide bonds. The van der Waals surface area contributed by atoms with Gasteiger partial charge >= 0.3 is 6.03 Å². The van der Waals surface area contributed by atoms with E-state index in [0.29, 0.717) is 0 Å². The Bertz CT molecular complexity index is 649. The molecule has 118 valence electrons. The second-order valence-electron chi connectivity index (χ2n) is 5.83. The second kappa shape index (κ2) is 6.41. The van der Waals surface area contributed by atoms with Crippen LogP contribution in [0, 0.1) is 6.92 Å². The highest BCUT2D eigenvalue weighted by Crippen LogP contribution is 2.33. The lowest BCUT2D eigenvalue weighted by Crippen LogP contribution is -2.41. The van der Waals surface area contributed by atoms with Gasteiger partial charge in [-0.05, 0) is 39.8 Å². The van der Waals surface area contributed by atoms with Crippen LogP contribution in [0.2, 0.25) is 0 Å². The summed E-state index contributed by atoms with van der Waals surface area (Å²) in [5.41, 5.74) is 3.73. The van der Waals surface area contributed by atoms with Crippen LogP contribution in [0.5, 0.6) is 0 Å². The van der Waals surface area contributed by atoms with Crippen molar-refractivity contribution in [2.75, 3.05) is 11.9 Å². The monoisotopic (exact) mass is 320 g/mol. The molecule has 0 fully saturated rings. The third-order valence-electron chi connectivity index (χ3n) is 2.73. The molecule has 2 rings (SSSR count). The third kappa shape index (κ3) is 4.02. The normalized spacial score (nSPS) is 11.3. The van der Waals surface area contributed by atoms with Crippen molar-refractivity contribution >= 4 is 22.4 Å². The SMILES string of the molecule is Cc1nc(-c2cccnc2)sc1N(C)C(=O)NOC(C)(C)C. The zero-order valence-corrected chi connectivity index (χ0v) is 14.2. The number of aryl methyl sites for hydroxylation is 1. The van der Waals surface area contributed by atoms with Gasteiger partial charge in [-0.3, -0.25) is 14.7 Å². The Labute approximate surface area is 134 Å². The van der Waals surface area contributed by atoms with Crippen LogP contribution in [-0.4, -0.2) is 28.6 Å². The van der Waals surface area contributed by atoms with Crippen LogP contribution in [0.4, 0.5) is 9.80 Å². The zero-order chi connectivity index (χ0) is 16.3. The number of thiazole rings is 1. The number of hydrogen-bond acceptors (Lipinski definition) is 5. The third-order valence-corrected chi connectivity index (χ3v) is 4.02. The molecule has 0 aliphatic carbocycles. The van der Waals surface area contributed by atoms with Crippen LogP contribution < -0.4 is 10.4 Å². The molecule has 0 saturated heterocycles. The number of pyridine rings is 1. The van der Waals surface area contributed by atoms with Crippen LogP contribution in [0.3, 0.4) is 0 Å². The fourth-order valence-corrected chi connectivity index (χ4v) is 2.69. The fourth-order valence-electron chi connectivity index (χ4n) is 1.67. The fraction of sp³-hybridized carbons (Fsp3) is 0.400. The molecule has 0 unspecified atom stereocenters. The Balaban J connectivity index is 2.15. The Hall–Kier alpha value is -1.99. The lowest BCUT2D eigenvalue weighted by atomic mass is 10.2. The lowest BCUT2D eigenvalue weighted by molar-refractivity contribution is -0.0514. The van der Waals surface area contributed by atoms with E-state index in [0.717, 1.165) is 21.3 Å². The van der Waals surface area contributed by atoms with Crippen molar-refractivity contribution in [3.8, 4) is 10.6 Å². The zero-order valence-electron chi connectivity index (χ0n) is 13.4. The maximum absolute atomic E-state index is 12.1. The summed E-state index contributed by atoms with van der Waals surface area (Å²) in [6.45, 7) is 7.48. The molecule has 22 heavy (non-hydrogen) atoms. The molecule has 0 aliphatic heterocycles. The second-order valence-corrected chi connectivity index (χ2v) is 6.81. The molecule has 2 aromatic heterocycles. The lowest BCUT2D eigenvalue weighted by Gasteiger charge is -2.22. The van der Waals surface area contributed by atoms with Gasteiger partial charge in [0.05, 0.1) is 11.3 Å². The van der Waals surface area contributed by atoms with Gasteiger partial charge in [0.25, 0.3) is 0 Å². The smallest absolute Gasteiger partial charge is 0.285 e. The van der Waals surface area contributed by atoms with Gasteiger partial charge in [-0.2, -0.15) is 0 Å². The first-order chi connectivity index (χ1) is 10.3. The standard InChI is InChI=1S/C15H20N4O2S/c1-10-13(19(5)14(20)18-21-15(2,3)4)22-12(17-10)11-7-6-8-16-9-11/h6-9H,1-5H3,(H,18,20). The molecule has 0 aromatic carbocycles. The highest BCUT2D eigenvalue weighted by molar-refractivity contribution is 7.19. The van der Waals surface area contributed by atoms with Gasteiger partial charge in [0.2, 0.25) is 0 Å². The number of hydroxylamine groups is 1. The predicted octanol–water partition coefficient (Wildman–Crippen LogP) is 3.39. The molecule has 1 N–H and O–H groups in total. The number of carbonyl (C=O) groups excluding carboxylic acids is 1. The summed E-state index contributed by atoms with van der Waals surface area (Å²) in [4.78, 5) is 27.5. The first-order valence-corrected chi connectivity index (χ1v) is 7.69. The van der Waals surface area contributed by atoms with Crippen LogP contribution in [0.15, 0.2) is 24.5 Å². The molecular formula is C15H20N4O2S. The molecule has 0 aliphatic rings. The van der Waals surface area contributed by atoms with Gasteiger partial charge in [0, 0.05) is 25.0 Å². The maximum atomic E-state index is 12.1. The molecule has 2 aromatic rings. The van der Waals surface area contributed by atoms with E-state index >= 15 is 0 Å². The number of anilines is 1. The molecular weight excluding hydrogens is 300 g/mol. The molecule has 0 bridgehead atoms. The molecule has 2 heterocycles. The van der Waals surface area contributed by atoms with Gasteiger partial charge in [0.1, 0.15) is 10.0 Å². The average Bonchev–Trinajstić information content (AvgIpc) is 2.86. The first kappa shape index (κ1) is 16.4. The largest absolute Gasteiger partial charge is 0.346 e. The van der Waals surface area contributed by atoms with Gasteiger partial charge in [-0.25, -0.2) is 15.3 Å². The molecule has 7 heteroatoms. The molecule has 0 spiro atoms. The summed E-state index contributed by atoms with van der Waals surface area (Å²) < 4.78 is 0. The van der Waals surface area contributed by atoms with E-state index in [9.17, 15) is 4.79 Å². The van der Waals surface area contributed by atoms with E-state index in [1.807, 2.05) is 39.8 Å². The van der Waals surface area contributed by atoms with Crippen LogP contribution in [0.25, 0.3) is 10.6 Å². The molecule has 0 radical (unpaired) electrons. The number of hydrogen-bond donors (Lipinski definition) is 1. The highest BCUT2D eigenvalue weighted by Gasteiger charge is 2.20. The first-order valence-electron chi connectivity index (χ1n) is 6.87. The minimum absolute atomic E-state index is 0.334. The molecule has 6 nitrogen and oxygen atoms in total. The van der Waals surface area contributed by atoms with E-state index in [2.05, 4.69) is 15.4 Å². The van der Waals surface area contributed by atoms with Crippen LogP contribution in [0.1, 0.15) is 26.5 Å². The number of aromatic nitrogens is 2. The van der Waals surface area contributed by atoms with Crippen LogP contribution in [-0.2, 0) is 4.84 Å². The minimum atomic E-state index is -0.444. The van der Waals surface area contributed by atoms with Gasteiger partial charge in [-0.1, -0.05) is 11.3 Å². The number of carbonyl (C=O) groups is 1. The van der Waals surface area contributed by atoms with E-state index < -0.39 is 5.60 Å². The predicted molar refractivity (Wildman–Crippen MR) is 87.9 cm³/mol. The summed E-state index contributed by atoms with van der Waals surface area (Å²) in [5.74, 6) is 0. The van der Waals surface area contributed by atoms with Crippen molar-refractivity contribution in [1.82, 2.24) is 15.4 Å². The van der Waals surface area contributed by atoms with Crippen molar-refractivity contribution in [2.45, 2.75) is 33.3 Å². The van der Waals surface area contributed by atoms with Crippen molar-refractivity contribution < 1.29 is 9.63 Å². The van der Waals surface area contributed by atoms with Gasteiger partial charge in [-0.15, -0.1) is 0 Å². The maximum Gasteiger partial charge on any atom is 0.346 e. The van der Waals surface area contributed by atoms with Gasteiger partial charge in [0.15, 0.2) is 0 Å². The molecule has 0 atom stereocenters. The Morgan fingerprint density at radius 1 is 1.41 bits per heavy atom. The van der Waals surface area contributed by atoms with E-state index in [1.54, 1.807) is 19.4 Å². The van der Waals surface area contributed by atoms with Crippen molar-refractivity contribution in [1.29, 1.82) is 0 Å². The van der Waals surface area contributed by atoms with E-state index in [-0.39, 0.29) is 6.03 Å². The number of amides is 2. The number of nitrogens with zero attached hydrogens (tertiary/aromatic N) is 3. The summed E-state index contributed by atoms with van der Waals surface area (Å²) in [5, 5.41) is 1.60. The van der Waals surface area contributed by atoms with Crippen LogP contribution >= 0.6 is 11.3 Å². The highest BCUT2D eigenvalue weighted by atomic mass is 32.1. The summed E-state index contributed by atoms with van der Waals surface area (Å²) in [6.07, 6.45) is 3.47. The average molecular weight is 320 g/mol. The summed E-state index contributed by atoms with van der Waals surface area (Å²) >= 11 is 1.44. The van der Waals surface area contributed by atoms with Gasteiger partial charge < -0.3 is 0 Å². The van der Waals surface area contributed by atoms with Crippen molar-refractivity contribution in [3.05, 3.63) is 30.2 Å². The van der Waals surface area contributed by atoms with Crippen molar-refractivity contribution in [3.63, 3.8) is 0 Å². The topological polar surface area (TPSA) is 67.4 Å². The number of nitrogens with one attached hydrogen (secondary N) is 1.